The van der Waals surface area contributed by atoms with Crippen molar-refractivity contribution in [1.29, 1.82) is 0 Å². The van der Waals surface area contributed by atoms with E-state index in [9.17, 15) is 9.59 Å². The number of thioether (sulfide) groups is 1. The Morgan fingerprint density at radius 1 is 1.36 bits per heavy atom. The van der Waals surface area contributed by atoms with Gasteiger partial charge in [0.25, 0.3) is 0 Å². The van der Waals surface area contributed by atoms with Crippen molar-refractivity contribution in [2.75, 3.05) is 23.9 Å². The van der Waals surface area contributed by atoms with Crippen molar-refractivity contribution >= 4 is 34.8 Å². The molecule has 0 bridgehead atoms. The molecule has 0 aliphatic carbocycles. The van der Waals surface area contributed by atoms with Gasteiger partial charge in [-0.2, -0.15) is 9.98 Å². The number of nitrogens with zero attached hydrogens (tertiary/aromatic N) is 2. The van der Waals surface area contributed by atoms with E-state index in [1.165, 1.54) is 0 Å². The number of hydrogen-bond acceptors (Lipinski definition) is 5. The molecular formula is C8H11N2O2S2+. The molecule has 1 saturated heterocycles. The minimum atomic E-state index is 0.0773. The number of isocyanates is 2. The van der Waals surface area contributed by atoms with Crippen molar-refractivity contribution < 1.29 is 9.59 Å². The maximum Gasteiger partial charge on any atom is 0.239 e. The van der Waals surface area contributed by atoms with E-state index in [0.29, 0.717) is 17.0 Å². The second-order valence-electron chi connectivity index (χ2n) is 2.71. The van der Waals surface area contributed by atoms with Gasteiger partial charge in [0.2, 0.25) is 18.0 Å². The summed E-state index contributed by atoms with van der Waals surface area (Å²) in [6.07, 6.45) is 4.26. The zero-order valence-electron chi connectivity index (χ0n) is 7.64. The van der Waals surface area contributed by atoms with Crippen LogP contribution < -0.4 is 0 Å². The van der Waals surface area contributed by atoms with E-state index in [2.05, 4.69) is 9.98 Å². The molecule has 0 spiro atoms. The summed E-state index contributed by atoms with van der Waals surface area (Å²) in [5, 5.41) is 0. The highest BCUT2D eigenvalue weighted by molar-refractivity contribution is 8.16. The third-order valence-electron chi connectivity index (χ3n) is 1.83. The summed E-state index contributed by atoms with van der Waals surface area (Å²) in [6, 6.07) is 0. The number of rotatable bonds is 4. The molecule has 0 saturated carbocycles. The summed E-state index contributed by atoms with van der Waals surface area (Å²) < 4.78 is 0.335. The Morgan fingerprint density at radius 2 is 2.14 bits per heavy atom. The molecule has 0 radical (unpaired) electrons. The minimum absolute atomic E-state index is 0.0773. The second kappa shape index (κ2) is 6.85. The summed E-state index contributed by atoms with van der Waals surface area (Å²) in [4.78, 5) is 27.2. The highest BCUT2D eigenvalue weighted by Crippen LogP contribution is 2.27. The van der Waals surface area contributed by atoms with Gasteiger partial charge in [-0.25, -0.2) is 9.59 Å². The quantitative estimate of drug-likeness (QED) is 0.406. The molecule has 1 fully saturated rings. The van der Waals surface area contributed by atoms with Crippen molar-refractivity contribution in [3.63, 3.8) is 0 Å². The zero-order chi connectivity index (χ0) is 10.2. The molecule has 0 aromatic heterocycles. The van der Waals surface area contributed by atoms with Gasteiger partial charge in [0.15, 0.2) is 4.58 Å². The molecule has 1 heterocycles. The van der Waals surface area contributed by atoms with Gasteiger partial charge in [0, 0.05) is 23.1 Å². The largest absolute Gasteiger partial charge is 0.239 e. The van der Waals surface area contributed by atoms with Gasteiger partial charge in [0.05, 0.1) is 0 Å². The molecule has 1 rings (SSSR count). The van der Waals surface area contributed by atoms with Gasteiger partial charge in [-0.1, -0.05) is 0 Å². The van der Waals surface area contributed by atoms with Gasteiger partial charge >= 0.3 is 0 Å². The predicted molar refractivity (Wildman–Crippen MR) is 59.1 cm³/mol. The topological polar surface area (TPSA) is 58.9 Å². The fraction of sp³-hybridized carbons (Fsp3) is 0.750. The third-order valence-corrected chi connectivity index (χ3v) is 6.26. The van der Waals surface area contributed by atoms with Gasteiger partial charge in [0.1, 0.15) is 12.3 Å². The Kier molecular flexibility index (Phi) is 5.64. The minimum Gasteiger partial charge on any atom is -0.211 e. The van der Waals surface area contributed by atoms with Crippen LogP contribution in [0.25, 0.3) is 0 Å². The van der Waals surface area contributed by atoms with Crippen LogP contribution in [-0.4, -0.2) is 40.7 Å². The van der Waals surface area contributed by atoms with Crippen LogP contribution in [0.5, 0.6) is 0 Å². The molecule has 2 atom stereocenters. The first kappa shape index (κ1) is 11.5. The average molecular weight is 231 g/mol. The average Bonchev–Trinajstić information content (AvgIpc) is 2.24. The summed E-state index contributed by atoms with van der Waals surface area (Å²) in [5.41, 5.74) is 0. The zero-order valence-corrected chi connectivity index (χ0v) is 9.27. The monoisotopic (exact) mass is 231 g/mol. The van der Waals surface area contributed by atoms with Gasteiger partial charge in [-0.05, 0) is 0 Å². The third kappa shape index (κ3) is 3.68. The molecule has 1 aliphatic heterocycles. The lowest BCUT2D eigenvalue weighted by Gasteiger charge is -2.19. The van der Waals surface area contributed by atoms with E-state index in [-0.39, 0.29) is 10.9 Å². The Bertz CT molecular complexity index is 245. The van der Waals surface area contributed by atoms with Crippen molar-refractivity contribution in [1.82, 2.24) is 0 Å². The molecule has 14 heavy (non-hydrogen) atoms. The van der Waals surface area contributed by atoms with Crippen molar-refractivity contribution in [3.05, 3.63) is 0 Å². The maximum atomic E-state index is 9.99. The number of aliphatic imine (C=N–C) groups is 2. The van der Waals surface area contributed by atoms with E-state index in [1.54, 1.807) is 12.2 Å². The van der Waals surface area contributed by atoms with Crippen LogP contribution in [0.3, 0.4) is 0 Å². The van der Waals surface area contributed by atoms with Crippen LogP contribution >= 0.6 is 11.8 Å². The van der Waals surface area contributed by atoms with Crippen LogP contribution in [0, 0.1) is 0 Å². The molecule has 2 unspecified atom stereocenters. The highest BCUT2D eigenvalue weighted by Gasteiger charge is 2.33. The molecule has 76 valence electrons. The normalized spacial score (nSPS) is 26.0. The summed E-state index contributed by atoms with van der Waals surface area (Å²) in [7, 11) is 0.0773. The van der Waals surface area contributed by atoms with Gasteiger partial charge in [-0.3, -0.25) is 0 Å². The molecule has 0 N–H and O–H groups in total. The van der Waals surface area contributed by atoms with E-state index in [0.717, 1.165) is 17.9 Å². The Balaban J connectivity index is 2.48. The molecule has 6 heteroatoms. The molecule has 0 aromatic carbocycles. The maximum absolute atomic E-state index is 9.99. The first-order chi connectivity index (χ1) is 6.88. The lowest BCUT2D eigenvalue weighted by Crippen LogP contribution is -2.31. The van der Waals surface area contributed by atoms with Gasteiger partial charge in [-0.15, -0.1) is 11.8 Å². The van der Waals surface area contributed by atoms with E-state index >= 15 is 0 Å². The first-order valence-electron chi connectivity index (χ1n) is 4.23. The lowest BCUT2D eigenvalue weighted by molar-refractivity contribution is 0.562. The molecule has 1 aliphatic rings. The van der Waals surface area contributed by atoms with Crippen LogP contribution in [0.2, 0.25) is 0 Å². The Labute approximate surface area is 89.6 Å². The summed E-state index contributed by atoms with van der Waals surface area (Å²) >= 11 is 1.81. The van der Waals surface area contributed by atoms with Crippen molar-refractivity contribution in [3.8, 4) is 0 Å². The van der Waals surface area contributed by atoms with E-state index < -0.39 is 0 Å². The first-order valence-corrected chi connectivity index (χ1v) is 6.91. The second-order valence-corrected chi connectivity index (χ2v) is 6.63. The molecule has 0 aromatic rings. The molecular weight excluding hydrogens is 220 g/mol. The fourth-order valence-corrected chi connectivity index (χ4v) is 5.26. The van der Waals surface area contributed by atoms with E-state index in [4.69, 9.17) is 0 Å². The Morgan fingerprint density at radius 3 is 2.86 bits per heavy atom. The smallest absolute Gasteiger partial charge is 0.211 e. The summed E-state index contributed by atoms with van der Waals surface area (Å²) in [5.74, 6) is 2.72. The lowest BCUT2D eigenvalue weighted by atomic mass is 10.6. The molecule has 0 amide bonds. The Hall–Kier alpha value is -0.540. The standard InChI is InChI=1S/C8H11N2O2S2/c11-5-9-4-8-13-2-1-3-14(8)7-10-6-12/h8H,1-4,7H2/q+1. The van der Waals surface area contributed by atoms with Crippen LogP contribution in [-0.2, 0) is 20.5 Å². The number of hydrogen-bond donors (Lipinski definition) is 0. The fourth-order valence-electron chi connectivity index (χ4n) is 1.21. The van der Waals surface area contributed by atoms with E-state index in [1.807, 2.05) is 11.8 Å². The summed E-state index contributed by atoms with van der Waals surface area (Å²) in [6.45, 7) is 0.506. The predicted octanol–water partition coefficient (Wildman–Crippen LogP) is 0.697. The van der Waals surface area contributed by atoms with Crippen LogP contribution in [0.15, 0.2) is 9.98 Å². The van der Waals surface area contributed by atoms with Crippen molar-refractivity contribution in [2.45, 2.75) is 11.0 Å². The SMILES string of the molecule is O=C=NCC1SCCC[S+]1CN=C=O. The molecule has 4 nitrogen and oxygen atoms in total. The number of carbonyl (C=O) groups excluding carboxylic acids is 2. The van der Waals surface area contributed by atoms with Crippen molar-refractivity contribution in [2.24, 2.45) is 9.98 Å². The van der Waals surface area contributed by atoms with Crippen LogP contribution in [0.4, 0.5) is 0 Å². The van der Waals surface area contributed by atoms with Gasteiger partial charge < -0.3 is 0 Å². The van der Waals surface area contributed by atoms with Crippen LogP contribution in [0.1, 0.15) is 6.42 Å². The highest BCUT2D eigenvalue weighted by atomic mass is 32.2.